The molecule has 0 aliphatic heterocycles. The average molecular weight is 184 g/mol. The topological polar surface area (TPSA) is 20.2 Å². The third-order valence-corrected chi connectivity index (χ3v) is 2.99. The summed E-state index contributed by atoms with van der Waals surface area (Å²) in [7, 11) is 0. The van der Waals surface area contributed by atoms with E-state index in [-0.39, 0.29) is 0 Å². The fourth-order valence-electron chi connectivity index (χ4n) is 1.22. The van der Waals surface area contributed by atoms with Gasteiger partial charge in [-0.15, -0.1) is 0 Å². The van der Waals surface area contributed by atoms with Gasteiger partial charge in [-0.3, -0.25) is 0 Å². The first-order chi connectivity index (χ1) is 5.74. The van der Waals surface area contributed by atoms with Gasteiger partial charge in [0.1, 0.15) is 0 Å². The maximum Gasteiger partial charge on any atom is 0.0464 e. The van der Waals surface area contributed by atoms with Crippen molar-refractivity contribution in [3.63, 3.8) is 0 Å². The van der Waals surface area contributed by atoms with Crippen molar-refractivity contribution >= 4 is 11.3 Å². The molecule has 2 heteroatoms. The molecule has 0 aromatic carbocycles. The molecule has 0 bridgehead atoms. The van der Waals surface area contributed by atoms with Crippen LogP contribution in [-0.4, -0.2) is 11.7 Å². The Morgan fingerprint density at radius 2 is 2.25 bits per heavy atom. The van der Waals surface area contributed by atoms with Crippen molar-refractivity contribution in [2.24, 2.45) is 11.8 Å². The van der Waals surface area contributed by atoms with Crippen LogP contribution in [0.3, 0.4) is 0 Å². The van der Waals surface area contributed by atoms with E-state index in [4.69, 9.17) is 5.11 Å². The normalized spacial score (nSPS) is 13.7. The largest absolute Gasteiger partial charge is 0.396 e. The van der Waals surface area contributed by atoms with Crippen LogP contribution >= 0.6 is 11.3 Å². The minimum absolute atomic E-state index is 0.299. The third kappa shape index (κ3) is 2.61. The fourth-order valence-corrected chi connectivity index (χ4v) is 1.90. The zero-order valence-corrected chi connectivity index (χ0v) is 8.47. The molecule has 0 saturated carbocycles. The number of thiophene rings is 1. The molecule has 0 saturated heterocycles. The predicted octanol–water partition coefficient (Wildman–Crippen LogP) is 2.56. The summed E-state index contributed by atoms with van der Waals surface area (Å²) in [5, 5.41) is 13.3. The zero-order chi connectivity index (χ0) is 8.97. The van der Waals surface area contributed by atoms with Gasteiger partial charge in [0, 0.05) is 6.61 Å². The van der Waals surface area contributed by atoms with Crippen LogP contribution in [0.2, 0.25) is 0 Å². The van der Waals surface area contributed by atoms with Crippen LogP contribution in [0.4, 0.5) is 0 Å². The number of rotatable bonds is 4. The van der Waals surface area contributed by atoms with Gasteiger partial charge in [-0.05, 0) is 40.6 Å². The maximum atomic E-state index is 9.10. The quantitative estimate of drug-likeness (QED) is 0.762. The third-order valence-electron chi connectivity index (χ3n) is 2.26. The Labute approximate surface area is 78.1 Å². The van der Waals surface area contributed by atoms with E-state index in [0.29, 0.717) is 18.4 Å². The molecule has 1 rings (SSSR count). The molecule has 0 aliphatic rings. The monoisotopic (exact) mass is 184 g/mol. The van der Waals surface area contributed by atoms with Crippen LogP contribution in [0.5, 0.6) is 0 Å². The molecule has 1 aromatic rings. The molecule has 0 fully saturated rings. The first kappa shape index (κ1) is 9.75. The van der Waals surface area contributed by atoms with Gasteiger partial charge in [0.2, 0.25) is 0 Å². The van der Waals surface area contributed by atoms with E-state index < -0.39 is 0 Å². The second kappa shape index (κ2) is 4.63. The number of aliphatic hydroxyl groups is 1. The van der Waals surface area contributed by atoms with E-state index in [1.807, 2.05) is 0 Å². The van der Waals surface area contributed by atoms with Gasteiger partial charge in [0.05, 0.1) is 0 Å². The van der Waals surface area contributed by atoms with Crippen LogP contribution in [0.15, 0.2) is 16.8 Å². The van der Waals surface area contributed by atoms with Crippen molar-refractivity contribution in [3.8, 4) is 0 Å². The molecule has 1 atom stereocenters. The second-order valence-electron chi connectivity index (χ2n) is 3.52. The standard InChI is InChI=1S/C10H16OS/c1-8(2)10(6-11)5-9-3-4-12-7-9/h3-4,7-8,10-11H,5-6H2,1-2H3. The van der Waals surface area contributed by atoms with Crippen molar-refractivity contribution < 1.29 is 5.11 Å². The molecule has 1 nitrogen and oxygen atoms in total. The molecule has 68 valence electrons. The van der Waals surface area contributed by atoms with Crippen LogP contribution in [0.25, 0.3) is 0 Å². The fraction of sp³-hybridized carbons (Fsp3) is 0.600. The van der Waals surface area contributed by atoms with Gasteiger partial charge >= 0.3 is 0 Å². The Morgan fingerprint density at radius 3 is 2.67 bits per heavy atom. The Bertz CT molecular complexity index is 204. The molecule has 1 N–H and O–H groups in total. The first-order valence-electron chi connectivity index (χ1n) is 4.36. The molecule has 1 unspecified atom stereocenters. The Morgan fingerprint density at radius 1 is 1.50 bits per heavy atom. The number of hydrogen-bond donors (Lipinski definition) is 1. The highest BCUT2D eigenvalue weighted by Gasteiger charge is 2.12. The van der Waals surface area contributed by atoms with E-state index in [1.54, 1.807) is 11.3 Å². The molecular formula is C10H16OS. The lowest BCUT2D eigenvalue weighted by Gasteiger charge is -2.16. The van der Waals surface area contributed by atoms with Gasteiger partial charge < -0.3 is 5.11 Å². The van der Waals surface area contributed by atoms with Crippen molar-refractivity contribution in [3.05, 3.63) is 22.4 Å². The van der Waals surface area contributed by atoms with Crippen molar-refractivity contribution in [2.45, 2.75) is 20.3 Å². The zero-order valence-electron chi connectivity index (χ0n) is 7.66. The van der Waals surface area contributed by atoms with Gasteiger partial charge in [-0.2, -0.15) is 11.3 Å². The minimum atomic E-state index is 0.299. The minimum Gasteiger partial charge on any atom is -0.396 e. The van der Waals surface area contributed by atoms with E-state index in [1.165, 1.54) is 5.56 Å². The van der Waals surface area contributed by atoms with Crippen LogP contribution in [-0.2, 0) is 6.42 Å². The van der Waals surface area contributed by atoms with Gasteiger partial charge in [0.25, 0.3) is 0 Å². The van der Waals surface area contributed by atoms with Crippen molar-refractivity contribution in [2.75, 3.05) is 6.61 Å². The predicted molar refractivity (Wildman–Crippen MR) is 53.4 cm³/mol. The molecule has 1 aromatic heterocycles. The van der Waals surface area contributed by atoms with Crippen molar-refractivity contribution in [1.29, 1.82) is 0 Å². The number of aliphatic hydroxyl groups excluding tert-OH is 1. The van der Waals surface area contributed by atoms with E-state index in [9.17, 15) is 0 Å². The SMILES string of the molecule is CC(C)C(CO)Cc1ccsc1. The van der Waals surface area contributed by atoms with Gasteiger partial charge in [0.15, 0.2) is 0 Å². The molecule has 0 spiro atoms. The summed E-state index contributed by atoms with van der Waals surface area (Å²) in [6.45, 7) is 4.62. The van der Waals surface area contributed by atoms with Gasteiger partial charge in [-0.1, -0.05) is 13.8 Å². The first-order valence-corrected chi connectivity index (χ1v) is 5.30. The number of hydrogen-bond acceptors (Lipinski definition) is 2. The molecule has 0 radical (unpaired) electrons. The summed E-state index contributed by atoms with van der Waals surface area (Å²) >= 11 is 1.72. The van der Waals surface area contributed by atoms with Crippen LogP contribution in [0.1, 0.15) is 19.4 Å². The van der Waals surface area contributed by atoms with E-state index >= 15 is 0 Å². The average Bonchev–Trinajstić information content (AvgIpc) is 2.51. The molecular weight excluding hydrogens is 168 g/mol. The maximum absolute atomic E-state index is 9.10. The molecule has 1 heterocycles. The summed E-state index contributed by atoms with van der Waals surface area (Å²) in [5.41, 5.74) is 1.35. The molecule has 12 heavy (non-hydrogen) atoms. The molecule has 0 aliphatic carbocycles. The van der Waals surface area contributed by atoms with E-state index in [2.05, 4.69) is 30.7 Å². The second-order valence-corrected chi connectivity index (χ2v) is 4.30. The van der Waals surface area contributed by atoms with Crippen LogP contribution < -0.4 is 0 Å². The summed E-state index contributed by atoms with van der Waals surface area (Å²) in [4.78, 5) is 0. The lowest BCUT2D eigenvalue weighted by molar-refractivity contribution is 0.189. The molecule has 0 amide bonds. The highest BCUT2D eigenvalue weighted by Crippen LogP contribution is 2.18. The highest BCUT2D eigenvalue weighted by atomic mass is 32.1. The highest BCUT2D eigenvalue weighted by molar-refractivity contribution is 7.07. The summed E-state index contributed by atoms with van der Waals surface area (Å²) in [5.74, 6) is 0.981. The Kier molecular flexibility index (Phi) is 3.76. The summed E-state index contributed by atoms with van der Waals surface area (Å²) in [6, 6.07) is 2.13. The Hall–Kier alpha value is -0.340. The Balaban J connectivity index is 2.48. The lowest BCUT2D eigenvalue weighted by Crippen LogP contribution is -2.15. The van der Waals surface area contributed by atoms with Crippen LogP contribution in [0, 0.1) is 11.8 Å². The van der Waals surface area contributed by atoms with Gasteiger partial charge in [-0.25, -0.2) is 0 Å². The lowest BCUT2D eigenvalue weighted by atomic mass is 9.91. The smallest absolute Gasteiger partial charge is 0.0464 e. The van der Waals surface area contributed by atoms with Crippen molar-refractivity contribution in [1.82, 2.24) is 0 Å². The van der Waals surface area contributed by atoms with E-state index in [0.717, 1.165) is 6.42 Å². The summed E-state index contributed by atoms with van der Waals surface area (Å²) < 4.78 is 0. The summed E-state index contributed by atoms with van der Waals surface area (Å²) in [6.07, 6.45) is 1.01.